The van der Waals surface area contributed by atoms with Gasteiger partial charge in [0.15, 0.2) is 11.6 Å². The molecule has 0 aliphatic heterocycles. The van der Waals surface area contributed by atoms with Gasteiger partial charge in [0.2, 0.25) is 0 Å². The van der Waals surface area contributed by atoms with Crippen molar-refractivity contribution >= 4 is 11.6 Å². The fourth-order valence-electron chi connectivity index (χ4n) is 2.14. The Morgan fingerprint density at radius 3 is 2.33 bits per heavy atom. The van der Waals surface area contributed by atoms with Crippen LogP contribution in [0.15, 0.2) is 36.4 Å². The van der Waals surface area contributed by atoms with Crippen LogP contribution in [0.1, 0.15) is 30.5 Å². The summed E-state index contributed by atoms with van der Waals surface area (Å²) >= 11 is 6.14. The zero-order valence-electron chi connectivity index (χ0n) is 11.5. The van der Waals surface area contributed by atoms with Gasteiger partial charge in [-0.3, -0.25) is 0 Å². The molecule has 0 radical (unpaired) electrons. The van der Waals surface area contributed by atoms with E-state index in [0.717, 1.165) is 12.5 Å². The quantitative estimate of drug-likeness (QED) is 0.778. The van der Waals surface area contributed by atoms with Gasteiger partial charge in [0.1, 0.15) is 5.82 Å². The molecule has 2 aromatic carbocycles. The highest BCUT2D eigenvalue weighted by Gasteiger charge is 2.21. The number of hydrogen-bond acceptors (Lipinski definition) is 1. The molecule has 5 heteroatoms. The van der Waals surface area contributed by atoms with Crippen LogP contribution in [0.25, 0.3) is 0 Å². The van der Waals surface area contributed by atoms with E-state index in [2.05, 4.69) is 5.32 Å². The molecule has 21 heavy (non-hydrogen) atoms. The van der Waals surface area contributed by atoms with Gasteiger partial charge >= 0.3 is 0 Å². The minimum Gasteiger partial charge on any atom is -0.306 e. The Balaban J connectivity index is 2.51. The molecule has 1 atom stereocenters. The lowest BCUT2D eigenvalue weighted by Gasteiger charge is -2.21. The lowest BCUT2D eigenvalue weighted by Crippen LogP contribution is -2.24. The molecule has 0 fully saturated rings. The Kier molecular flexibility index (Phi) is 5.26. The molecule has 2 rings (SSSR count). The maximum absolute atomic E-state index is 14.0. The van der Waals surface area contributed by atoms with Gasteiger partial charge in [-0.1, -0.05) is 36.7 Å². The van der Waals surface area contributed by atoms with Gasteiger partial charge < -0.3 is 5.32 Å². The van der Waals surface area contributed by atoms with Gasteiger partial charge in [0.25, 0.3) is 0 Å². The number of nitrogens with one attached hydrogen (secondary N) is 1. The minimum atomic E-state index is -1.20. The molecule has 1 N–H and O–H groups in total. The molecule has 1 unspecified atom stereocenters. The summed E-state index contributed by atoms with van der Waals surface area (Å²) in [5.41, 5.74) is 0.660. The fraction of sp³-hybridized carbons (Fsp3) is 0.250. The maximum Gasteiger partial charge on any atom is 0.161 e. The van der Waals surface area contributed by atoms with Crippen LogP contribution in [0.2, 0.25) is 5.02 Å². The van der Waals surface area contributed by atoms with Gasteiger partial charge in [-0.15, -0.1) is 0 Å². The average molecular weight is 314 g/mol. The van der Waals surface area contributed by atoms with E-state index in [-0.39, 0.29) is 5.56 Å². The van der Waals surface area contributed by atoms with Crippen molar-refractivity contribution in [3.63, 3.8) is 0 Å². The molecule has 0 saturated heterocycles. The first-order chi connectivity index (χ1) is 10.0. The summed E-state index contributed by atoms with van der Waals surface area (Å²) in [4.78, 5) is 0. The minimum absolute atomic E-state index is 0.0375. The third-order valence-electron chi connectivity index (χ3n) is 3.17. The van der Waals surface area contributed by atoms with E-state index in [1.54, 1.807) is 24.3 Å². The van der Waals surface area contributed by atoms with Crippen molar-refractivity contribution in [3.8, 4) is 0 Å². The van der Waals surface area contributed by atoms with Gasteiger partial charge in [-0.05, 0) is 30.7 Å². The Bertz CT molecular complexity index is 631. The van der Waals surface area contributed by atoms with Crippen LogP contribution in [-0.4, -0.2) is 6.54 Å². The molecule has 0 aliphatic carbocycles. The van der Waals surface area contributed by atoms with Crippen molar-refractivity contribution in [2.75, 3.05) is 6.54 Å². The molecular formula is C16H15ClF3N. The number of benzene rings is 2. The van der Waals surface area contributed by atoms with Gasteiger partial charge in [0, 0.05) is 16.7 Å². The van der Waals surface area contributed by atoms with E-state index in [1.165, 1.54) is 0 Å². The molecule has 0 aliphatic rings. The standard InChI is InChI=1S/C16H15ClF3N/c1-2-7-21-16(10-5-3-4-6-12(10)17)11-8-14(19)15(20)9-13(11)18/h3-6,8-9,16,21H,2,7H2,1H3. The van der Waals surface area contributed by atoms with Crippen molar-refractivity contribution in [2.24, 2.45) is 0 Å². The van der Waals surface area contributed by atoms with Gasteiger partial charge in [-0.25, -0.2) is 13.2 Å². The predicted octanol–water partition coefficient (Wildman–Crippen LogP) is 4.85. The molecule has 0 bridgehead atoms. The summed E-state index contributed by atoms with van der Waals surface area (Å²) in [6.07, 6.45) is 0.812. The molecule has 0 spiro atoms. The molecule has 0 heterocycles. The van der Waals surface area contributed by atoms with Crippen molar-refractivity contribution in [1.29, 1.82) is 0 Å². The lowest BCUT2D eigenvalue weighted by atomic mass is 9.97. The van der Waals surface area contributed by atoms with Crippen LogP contribution >= 0.6 is 11.6 Å². The van der Waals surface area contributed by atoms with Crippen LogP contribution in [-0.2, 0) is 0 Å². The Hall–Kier alpha value is -1.52. The molecular weight excluding hydrogens is 299 g/mol. The lowest BCUT2D eigenvalue weighted by molar-refractivity contribution is 0.479. The molecule has 0 saturated carbocycles. The predicted molar refractivity (Wildman–Crippen MR) is 77.9 cm³/mol. The number of halogens is 4. The Morgan fingerprint density at radius 1 is 1.00 bits per heavy atom. The SMILES string of the molecule is CCCNC(c1cc(F)c(F)cc1F)c1ccccc1Cl. The third-order valence-corrected chi connectivity index (χ3v) is 3.51. The second-order valence-electron chi connectivity index (χ2n) is 4.70. The Labute approximate surface area is 126 Å². The number of rotatable bonds is 5. The zero-order valence-corrected chi connectivity index (χ0v) is 12.2. The maximum atomic E-state index is 14.0. The monoisotopic (exact) mass is 313 g/mol. The highest BCUT2D eigenvalue weighted by atomic mass is 35.5. The van der Waals surface area contributed by atoms with Gasteiger partial charge in [0.05, 0.1) is 6.04 Å². The molecule has 0 aromatic heterocycles. The van der Waals surface area contributed by atoms with E-state index in [9.17, 15) is 13.2 Å². The largest absolute Gasteiger partial charge is 0.306 e. The van der Waals surface area contributed by atoms with Crippen LogP contribution < -0.4 is 5.32 Å². The van der Waals surface area contributed by atoms with Crippen LogP contribution in [0.3, 0.4) is 0 Å². The summed E-state index contributed by atoms with van der Waals surface area (Å²) in [5.74, 6) is -3.09. The van der Waals surface area contributed by atoms with E-state index in [4.69, 9.17) is 11.6 Å². The zero-order chi connectivity index (χ0) is 15.4. The van der Waals surface area contributed by atoms with Crippen molar-refractivity contribution in [3.05, 3.63) is 70.0 Å². The summed E-state index contributed by atoms with van der Waals surface area (Å²) in [5, 5.41) is 3.56. The molecule has 112 valence electrons. The van der Waals surface area contributed by atoms with Gasteiger partial charge in [-0.2, -0.15) is 0 Å². The third kappa shape index (κ3) is 3.57. The normalized spacial score (nSPS) is 12.4. The molecule has 2 aromatic rings. The summed E-state index contributed by atoms with van der Waals surface area (Å²) < 4.78 is 40.6. The van der Waals surface area contributed by atoms with Crippen LogP contribution in [0.4, 0.5) is 13.2 Å². The first kappa shape index (κ1) is 15.9. The average Bonchev–Trinajstić information content (AvgIpc) is 2.46. The van der Waals surface area contributed by atoms with E-state index in [1.807, 2.05) is 6.92 Å². The highest BCUT2D eigenvalue weighted by molar-refractivity contribution is 6.31. The number of hydrogen-bond donors (Lipinski definition) is 1. The summed E-state index contributed by atoms with van der Waals surface area (Å²) in [7, 11) is 0. The molecule has 1 nitrogen and oxygen atoms in total. The molecule has 0 amide bonds. The van der Waals surface area contributed by atoms with E-state index < -0.39 is 23.5 Å². The summed E-state index contributed by atoms with van der Waals surface area (Å²) in [6, 6.07) is 7.73. The highest BCUT2D eigenvalue weighted by Crippen LogP contribution is 2.30. The van der Waals surface area contributed by atoms with Crippen molar-refractivity contribution < 1.29 is 13.2 Å². The van der Waals surface area contributed by atoms with Crippen LogP contribution in [0, 0.1) is 17.5 Å². The van der Waals surface area contributed by atoms with Crippen molar-refractivity contribution in [1.82, 2.24) is 5.32 Å². The fourth-order valence-corrected chi connectivity index (χ4v) is 2.39. The Morgan fingerprint density at radius 2 is 1.67 bits per heavy atom. The topological polar surface area (TPSA) is 12.0 Å². The van der Waals surface area contributed by atoms with E-state index >= 15 is 0 Å². The second-order valence-corrected chi connectivity index (χ2v) is 5.10. The van der Waals surface area contributed by atoms with Crippen LogP contribution in [0.5, 0.6) is 0 Å². The van der Waals surface area contributed by atoms with Crippen molar-refractivity contribution in [2.45, 2.75) is 19.4 Å². The summed E-state index contributed by atoms with van der Waals surface area (Å²) in [6.45, 7) is 2.55. The smallest absolute Gasteiger partial charge is 0.161 e. The van der Waals surface area contributed by atoms with E-state index in [0.29, 0.717) is 23.2 Å². The first-order valence-corrected chi connectivity index (χ1v) is 7.04. The first-order valence-electron chi connectivity index (χ1n) is 6.66. The second kappa shape index (κ2) is 6.96.